The highest BCUT2D eigenvalue weighted by Gasteiger charge is 2.56. The van der Waals surface area contributed by atoms with Crippen LogP contribution in [-0.4, -0.2) is 35.9 Å². The fraction of sp³-hybridized carbons (Fsp3) is 0.889. The summed E-state index contributed by atoms with van der Waals surface area (Å²) in [4.78, 5) is 10.9. The summed E-state index contributed by atoms with van der Waals surface area (Å²) in [5, 5.41) is 12.0. The lowest BCUT2D eigenvalue weighted by Crippen LogP contribution is -2.40. The van der Waals surface area contributed by atoms with E-state index in [0.29, 0.717) is 12.0 Å². The number of aliphatic carboxylic acids is 1. The smallest absolute Gasteiger partial charge is 0.321 e. The molecular weight excluding hydrogens is 206 g/mol. The molecule has 0 aromatic rings. The number of ether oxygens (including phenoxy) is 1. The molecule has 0 aromatic carbocycles. The molecule has 0 amide bonds. The average molecular weight is 220 g/mol. The second-order valence-corrected chi connectivity index (χ2v) is 4.26. The van der Waals surface area contributed by atoms with Gasteiger partial charge < -0.3 is 15.2 Å². The van der Waals surface area contributed by atoms with E-state index in [-0.39, 0.29) is 30.5 Å². The lowest BCUT2D eigenvalue weighted by Gasteiger charge is -2.22. The molecule has 0 radical (unpaired) electrons. The van der Waals surface area contributed by atoms with Crippen molar-refractivity contribution in [3.05, 3.63) is 0 Å². The van der Waals surface area contributed by atoms with Gasteiger partial charge >= 0.3 is 5.97 Å². The molecule has 80 valence electrons. The predicted molar refractivity (Wildman–Crippen MR) is 51.5 cm³/mol. The van der Waals surface area contributed by atoms with Crippen LogP contribution in [0.3, 0.4) is 0 Å². The molecule has 3 rings (SSSR count). The first-order valence-corrected chi connectivity index (χ1v) is 4.89. The van der Waals surface area contributed by atoms with E-state index >= 15 is 0 Å². The van der Waals surface area contributed by atoms with Gasteiger partial charge in [-0.15, -0.1) is 12.4 Å². The van der Waals surface area contributed by atoms with Crippen molar-refractivity contribution in [1.82, 2.24) is 5.32 Å². The summed E-state index contributed by atoms with van der Waals surface area (Å²) in [7, 11) is 0. The summed E-state index contributed by atoms with van der Waals surface area (Å²) >= 11 is 0. The van der Waals surface area contributed by atoms with E-state index in [2.05, 4.69) is 5.32 Å². The molecule has 0 aromatic heterocycles. The van der Waals surface area contributed by atoms with Crippen LogP contribution in [0.15, 0.2) is 0 Å². The minimum atomic E-state index is -0.719. The van der Waals surface area contributed by atoms with Crippen LogP contribution in [0.5, 0.6) is 0 Å². The molecule has 0 spiro atoms. The van der Waals surface area contributed by atoms with Gasteiger partial charge in [0.2, 0.25) is 0 Å². The van der Waals surface area contributed by atoms with Crippen LogP contribution in [0.25, 0.3) is 0 Å². The van der Waals surface area contributed by atoms with Gasteiger partial charge in [-0.05, 0) is 12.8 Å². The molecule has 0 saturated carbocycles. The van der Waals surface area contributed by atoms with Crippen LogP contribution in [0, 0.1) is 11.8 Å². The first-order valence-electron chi connectivity index (χ1n) is 4.89. The highest BCUT2D eigenvalue weighted by molar-refractivity contribution is 5.85. The Morgan fingerprint density at radius 1 is 1.36 bits per heavy atom. The van der Waals surface area contributed by atoms with E-state index in [4.69, 9.17) is 9.84 Å². The van der Waals surface area contributed by atoms with Gasteiger partial charge in [0, 0.05) is 18.4 Å². The van der Waals surface area contributed by atoms with E-state index < -0.39 is 5.97 Å². The minimum Gasteiger partial charge on any atom is -0.480 e. The maximum absolute atomic E-state index is 10.9. The number of hydrogen-bond donors (Lipinski definition) is 2. The van der Waals surface area contributed by atoms with Gasteiger partial charge in [-0.25, -0.2) is 0 Å². The molecule has 3 saturated heterocycles. The number of carbonyl (C=O) groups is 1. The monoisotopic (exact) mass is 219 g/mol. The van der Waals surface area contributed by atoms with Gasteiger partial charge in [-0.2, -0.15) is 0 Å². The summed E-state index contributed by atoms with van der Waals surface area (Å²) in [6, 6.07) is -0.361. The van der Waals surface area contributed by atoms with Crippen molar-refractivity contribution in [2.24, 2.45) is 11.8 Å². The van der Waals surface area contributed by atoms with Crippen LogP contribution < -0.4 is 5.32 Å². The Kier molecular flexibility index (Phi) is 2.45. The zero-order chi connectivity index (χ0) is 9.00. The summed E-state index contributed by atoms with van der Waals surface area (Å²) in [5.41, 5.74) is 0. The lowest BCUT2D eigenvalue weighted by atomic mass is 9.78. The van der Waals surface area contributed by atoms with Crippen LogP contribution in [0.1, 0.15) is 12.8 Å². The van der Waals surface area contributed by atoms with Crippen molar-refractivity contribution in [1.29, 1.82) is 0 Å². The van der Waals surface area contributed by atoms with Crippen molar-refractivity contribution in [3.8, 4) is 0 Å². The highest BCUT2D eigenvalue weighted by atomic mass is 35.5. The first-order chi connectivity index (χ1) is 6.27. The molecule has 5 atom stereocenters. The molecule has 3 fully saturated rings. The Balaban J connectivity index is 0.000000750. The Morgan fingerprint density at radius 2 is 2.07 bits per heavy atom. The first kappa shape index (κ1) is 10.2. The predicted octanol–water partition coefficient (Wildman–Crippen LogP) is 0.258. The normalized spacial score (nSPS) is 48.7. The maximum atomic E-state index is 10.9. The van der Waals surface area contributed by atoms with Crippen LogP contribution in [-0.2, 0) is 9.53 Å². The molecule has 3 aliphatic rings. The van der Waals surface area contributed by atoms with Crippen molar-refractivity contribution in [2.45, 2.75) is 31.1 Å². The number of fused-ring (bicyclic) bond motifs is 5. The molecule has 14 heavy (non-hydrogen) atoms. The third-order valence-corrected chi connectivity index (χ3v) is 3.71. The summed E-state index contributed by atoms with van der Waals surface area (Å²) in [6.07, 6.45) is 2.73. The Labute approximate surface area is 88.4 Å². The molecular formula is C9H14ClNO3. The van der Waals surface area contributed by atoms with Crippen molar-refractivity contribution >= 4 is 18.4 Å². The fourth-order valence-electron chi connectivity index (χ4n) is 3.19. The van der Waals surface area contributed by atoms with Gasteiger partial charge in [0.05, 0.1) is 12.2 Å². The zero-order valence-corrected chi connectivity index (χ0v) is 8.50. The third kappa shape index (κ3) is 1.17. The van der Waals surface area contributed by atoms with Gasteiger partial charge in [0.15, 0.2) is 0 Å². The van der Waals surface area contributed by atoms with Gasteiger partial charge in [-0.3, -0.25) is 4.79 Å². The van der Waals surface area contributed by atoms with Crippen LogP contribution in [0.4, 0.5) is 0 Å². The Morgan fingerprint density at radius 3 is 2.79 bits per heavy atom. The van der Waals surface area contributed by atoms with Gasteiger partial charge in [0.1, 0.15) is 6.04 Å². The second kappa shape index (κ2) is 3.36. The summed E-state index contributed by atoms with van der Waals surface area (Å²) in [5.74, 6) is -0.0280. The standard InChI is InChI=1S/C9H13NO3.ClH/c11-9(12)8-7-4(3-10-8)5-1-2-6(7)13-5;/h4-8,10H,1-3H2,(H,11,12);1H/t4-,5+,6-,7-,8+;/m1./s1. The molecule has 4 nitrogen and oxygen atoms in total. The molecule has 2 bridgehead atoms. The van der Waals surface area contributed by atoms with E-state index in [1.807, 2.05) is 0 Å². The molecule has 3 aliphatic heterocycles. The van der Waals surface area contributed by atoms with E-state index in [0.717, 1.165) is 19.4 Å². The molecule has 3 heterocycles. The highest BCUT2D eigenvalue weighted by Crippen LogP contribution is 2.47. The zero-order valence-electron chi connectivity index (χ0n) is 7.68. The minimum absolute atomic E-state index is 0. The van der Waals surface area contributed by atoms with E-state index in [1.54, 1.807) is 0 Å². The molecule has 5 heteroatoms. The summed E-state index contributed by atoms with van der Waals surface area (Å²) in [6.45, 7) is 0.822. The SMILES string of the molecule is Cl.O=C(O)[C@H]1NC[C@H]2[C@@H]1[C@H]1CC[C@@H]2O1. The van der Waals surface area contributed by atoms with Crippen LogP contribution >= 0.6 is 12.4 Å². The van der Waals surface area contributed by atoms with E-state index in [9.17, 15) is 4.79 Å². The molecule has 0 unspecified atom stereocenters. The van der Waals surface area contributed by atoms with Crippen molar-refractivity contribution in [2.75, 3.05) is 6.54 Å². The number of rotatable bonds is 1. The van der Waals surface area contributed by atoms with Gasteiger partial charge in [0.25, 0.3) is 0 Å². The third-order valence-electron chi connectivity index (χ3n) is 3.71. The fourth-order valence-corrected chi connectivity index (χ4v) is 3.19. The van der Waals surface area contributed by atoms with Gasteiger partial charge in [-0.1, -0.05) is 0 Å². The summed E-state index contributed by atoms with van der Waals surface area (Å²) < 4.78 is 5.72. The molecule has 2 N–H and O–H groups in total. The number of hydrogen-bond acceptors (Lipinski definition) is 3. The van der Waals surface area contributed by atoms with Crippen molar-refractivity contribution < 1.29 is 14.6 Å². The number of carboxylic acids is 1. The Hall–Kier alpha value is -0.320. The van der Waals surface area contributed by atoms with E-state index in [1.165, 1.54) is 0 Å². The van der Waals surface area contributed by atoms with Crippen molar-refractivity contribution in [3.63, 3.8) is 0 Å². The number of carboxylic acid groups (broad SMARTS) is 1. The topological polar surface area (TPSA) is 58.6 Å². The quantitative estimate of drug-likeness (QED) is 0.664. The number of halogens is 1. The van der Waals surface area contributed by atoms with Crippen LogP contribution in [0.2, 0.25) is 0 Å². The second-order valence-electron chi connectivity index (χ2n) is 4.26. The maximum Gasteiger partial charge on any atom is 0.321 e. The molecule has 0 aliphatic carbocycles. The number of nitrogens with one attached hydrogen (secondary N) is 1. The Bertz CT molecular complexity index is 260. The average Bonchev–Trinajstić information content (AvgIpc) is 2.76. The largest absolute Gasteiger partial charge is 0.480 e. The lowest BCUT2D eigenvalue weighted by molar-refractivity contribution is -0.140.